The van der Waals surface area contributed by atoms with E-state index in [0.29, 0.717) is 5.92 Å². The minimum Gasteiger partial charge on any atom is -0.382 e. The second-order valence-electron chi connectivity index (χ2n) is 4.36. The van der Waals surface area contributed by atoms with Crippen molar-refractivity contribution in [2.24, 2.45) is 5.92 Å². The largest absolute Gasteiger partial charge is 0.500 e. The van der Waals surface area contributed by atoms with Gasteiger partial charge in [-0.2, -0.15) is 0 Å². The van der Waals surface area contributed by atoms with E-state index in [0.717, 1.165) is 38.8 Å². The number of hydrogen-bond acceptors (Lipinski definition) is 5. The Morgan fingerprint density at radius 2 is 1.72 bits per heavy atom. The molecule has 1 N–H and O–H groups in total. The molecule has 0 bridgehead atoms. The molecule has 0 fully saturated rings. The van der Waals surface area contributed by atoms with Crippen LogP contribution in [0.25, 0.3) is 0 Å². The molecule has 0 amide bonds. The summed E-state index contributed by atoms with van der Waals surface area (Å²) in [5.74, 6) is 0.462. The molecule has 18 heavy (non-hydrogen) atoms. The van der Waals surface area contributed by atoms with Gasteiger partial charge < -0.3 is 23.3 Å². The van der Waals surface area contributed by atoms with Gasteiger partial charge >= 0.3 is 8.80 Å². The fourth-order valence-corrected chi connectivity index (χ4v) is 3.79. The van der Waals surface area contributed by atoms with Crippen molar-refractivity contribution in [3.8, 4) is 0 Å². The lowest BCUT2D eigenvalue weighted by molar-refractivity contribution is 0.118. The van der Waals surface area contributed by atoms with Crippen LogP contribution < -0.4 is 5.32 Å². The van der Waals surface area contributed by atoms with E-state index in [1.165, 1.54) is 0 Å². The van der Waals surface area contributed by atoms with E-state index in [1.54, 1.807) is 21.3 Å². The summed E-state index contributed by atoms with van der Waals surface area (Å²) in [6, 6.07) is 0.828. The van der Waals surface area contributed by atoms with E-state index in [4.69, 9.17) is 18.0 Å². The summed E-state index contributed by atoms with van der Waals surface area (Å²) in [6.45, 7) is 7.72. The van der Waals surface area contributed by atoms with E-state index in [9.17, 15) is 0 Å². The highest BCUT2D eigenvalue weighted by Crippen LogP contribution is 2.18. The van der Waals surface area contributed by atoms with Gasteiger partial charge in [0.25, 0.3) is 0 Å². The highest BCUT2D eigenvalue weighted by atomic mass is 28.4. The summed E-state index contributed by atoms with van der Waals surface area (Å²) < 4.78 is 21.5. The van der Waals surface area contributed by atoms with Crippen LogP contribution >= 0.6 is 0 Å². The van der Waals surface area contributed by atoms with E-state index in [-0.39, 0.29) is 0 Å². The van der Waals surface area contributed by atoms with Crippen LogP contribution in [0.4, 0.5) is 0 Å². The Morgan fingerprint density at radius 1 is 1.11 bits per heavy atom. The lowest BCUT2D eigenvalue weighted by Crippen LogP contribution is -2.45. The van der Waals surface area contributed by atoms with E-state index >= 15 is 0 Å². The third-order valence-electron chi connectivity index (χ3n) is 2.87. The van der Waals surface area contributed by atoms with Crippen LogP contribution in [0.1, 0.15) is 20.3 Å². The summed E-state index contributed by atoms with van der Waals surface area (Å²) in [6.07, 6.45) is 1.04. The molecule has 0 aromatic heterocycles. The smallest absolute Gasteiger partial charge is 0.382 e. The fraction of sp³-hybridized carbons (Fsp3) is 1.00. The second-order valence-corrected chi connectivity index (χ2v) is 7.36. The van der Waals surface area contributed by atoms with Gasteiger partial charge in [0.05, 0.1) is 0 Å². The molecule has 1 atom stereocenters. The first-order chi connectivity index (χ1) is 8.64. The van der Waals surface area contributed by atoms with E-state index < -0.39 is 8.80 Å². The Labute approximate surface area is 113 Å². The molecular formula is C12H29NO4Si. The Kier molecular flexibility index (Phi) is 10.9. The number of hydrogen-bond donors (Lipinski definition) is 1. The maximum absolute atomic E-state index is 5.41. The van der Waals surface area contributed by atoms with E-state index in [1.807, 2.05) is 6.92 Å². The highest BCUT2D eigenvalue weighted by molar-refractivity contribution is 6.60. The van der Waals surface area contributed by atoms with Gasteiger partial charge in [0.2, 0.25) is 0 Å². The molecule has 0 rings (SSSR count). The molecular weight excluding hydrogens is 250 g/mol. The molecule has 0 saturated heterocycles. The molecule has 0 aromatic carbocycles. The van der Waals surface area contributed by atoms with Gasteiger partial charge in [-0.3, -0.25) is 0 Å². The van der Waals surface area contributed by atoms with Crippen molar-refractivity contribution < 1.29 is 18.0 Å². The van der Waals surface area contributed by atoms with Crippen LogP contribution in [-0.4, -0.2) is 56.4 Å². The molecule has 1 unspecified atom stereocenters. The topological polar surface area (TPSA) is 49.0 Å². The Morgan fingerprint density at radius 3 is 2.22 bits per heavy atom. The zero-order valence-electron chi connectivity index (χ0n) is 12.5. The first kappa shape index (κ1) is 18.0. The van der Waals surface area contributed by atoms with Gasteiger partial charge in [0.1, 0.15) is 0 Å². The van der Waals surface area contributed by atoms with Crippen molar-refractivity contribution in [2.45, 2.75) is 26.3 Å². The predicted molar refractivity (Wildman–Crippen MR) is 74.7 cm³/mol. The Balaban J connectivity index is 3.72. The average Bonchev–Trinajstić information content (AvgIpc) is 2.40. The van der Waals surface area contributed by atoms with Crippen molar-refractivity contribution in [1.29, 1.82) is 0 Å². The fourth-order valence-electron chi connectivity index (χ4n) is 1.79. The third kappa shape index (κ3) is 7.45. The van der Waals surface area contributed by atoms with Crippen molar-refractivity contribution in [1.82, 2.24) is 5.32 Å². The first-order valence-corrected chi connectivity index (χ1v) is 8.51. The zero-order valence-corrected chi connectivity index (χ0v) is 13.5. The SMILES string of the molecule is CCOCCCNCC(C)C[Si](OC)(OC)OC. The standard InChI is InChI=1S/C12H29NO4Si/c1-6-17-9-7-8-13-10-12(2)11-18(14-3,15-4)16-5/h12-13H,6-11H2,1-5H3. The molecule has 110 valence electrons. The minimum absolute atomic E-state index is 0.462. The van der Waals surface area contributed by atoms with Crippen LogP contribution in [-0.2, 0) is 18.0 Å². The summed E-state index contributed by atoms with van der Waals surface area (Å²) in [5, 5.41) is 3.41. The third-order valence-corrected chi connectivity index (χ3v) is 5.93. The van der Waals surface area contributed by atoms with Crippen LogP contribution in [0.2, 0.25) is 6.04 Å². The second kappa shape index (κ2) is 10.9. The van der Waals surface area contributed by atoms with Gasteiger partial charge in [-0.25, -0.2) is 0 Å². The summed E-state index contributed by atoms with van der Waals surface area (Å²) >= 11 is 0. The van der Waals surface area contributed by atoms with Crippen LogP contribution in [0.3, 0.4) is 0 Å². The van der Waals surface area contributed by atoms with Crippen molar-refractivity contribution in [3.63, 3.8) is 0 Å². The molecule has 0 aliphatic carbocycles. The Bertz CT molecular complexity index is 183. The van der Waals surface area contributed by atoms with Gasteiger partial charge in [-0.05, 0) is 32.4 Å². The number of nitrogens with one attached hydrogen (secondary N) is 1. The number of ether oxygens (including phenoxy) is 1. The summed E-state index contributed by atoms with van der Waals surface area (Å²) in [7, 11) is 2.54. The molecule has 0 aliphatic rings. The van der Waals surface area contributed by atoms with Crippen LogP contribution in [0.15, 0.2) is 0 Å². The van der Waals surface area contributed by atoms with Gasteiger partial charge in [0.15, 0.2) is 0 Å². The highest BCUT2D eigenvalue weighted by Gasteiger charge is 2.39. The maximum atomic E-state index is 5.41. The molecule has 0 aliphatic heterocycles. The van der Waals surface area contributed by atoms with Crippen molar-refractivity contribution >= 4 is 8.80 Å². The number of rotatable bonds is 12. The van der Waals surface area contributed by atoms with Crippen LogP contribution in [0, 0.1) is 5.92 Å². The van der Waals surface area contributed by atoms with Gasteiger partial charge in [0, 0.05) is 40.6 Å². The molecule has 0 saturated carbocycles. The summed E-state index contributed by atoms with van der Waals surface area (Å²) in [4.78, 5) is 0. The quantitative estimate of drug-likeness (QED) is 0.433. The molecule has 0 radical (unpaired) electrons. The van der Waals surface area contributed by atoms with Crippen molar-refractivity contribution in [3.05, 3.63) is 0 Å². The van der Waals surface area contributed by atoms with Gasteiger partial charge in [-0.15, -0.1) is 0 Å². The maximum Gasteiger partial charge on any atom is 0.500 e. The molecule has 5 nitrogen and oxygen atoms in total. The summed E-state index contributed by atoms with van der Waals surface area (Å²) in [5.41, 5.74) is 0. The van der Waals surface area contributed by atoms with E-state index in [2.05, 4.69) is 12.2 Å². The lowest BCUT2D eigenvalue weighted by Gasteiger charge is -2.27. The molecule has 0 heterocycles. The van der Waals surface area contributed by atoms with Crippen LogP contribution in [0.5, 0.6) is 0 Å². The van der Waals surface area contributed by atoms with Gasteiger partial charge in [-0.1, -0.05) is 6.92 Å². The molecule has 6 heteroatoms. The van der Waals surface area contributed by atoms with Crippen molar-refractivity contribution in [2.75, 3.05) is 47.6 Å². The average molecular weight is 279 g/mol. The minimum atomic E-state index is -2.43. The zero-order chi connectivity index (χ0) is 13.9. The monoisotopic (exact) mass is 279 g/mol. The predicted octanol–water partition coefficient (Wildman–Crippen LogP) is 1.52. The molecule has 0 spiro atoms. The normalized spacial score (nSPS) is 13.8. The lowest BCUT2D eigenvalue weighted by atomic mass is 10.2. The Hall–Kier alpha value is 0.0169. The molecule has 0 aromatic rings. The first-order valence-electron chi connectivity index (χ1n) is 6.58.